The van der Waals surface area contributed by atoms with Crippen molar-refractivity contribution in [3.63, 3.8) is 0 Å². The highest BCUT2D eigenvalue weighted by atomic mass is 16.4. The van der Waals surface area contributed by atoms with E-state index >= 15 is 0 Å². The number of nitrogens with two attached hydrogens (primary N) is 1. The molecule has 0 spiro atoms. The summed E-state index contributed by atoms with van der Waals surface area (Å²) in [4.78, 5) is 0. The lowest BCUT2D eigenvalue weighted by atomic mass is 10.1. The summed E-state index contributed by atoms with van der Waals surface area (Å²) in [5, 5.41) is 8.09. The van der Waals surface area contributed by atoms with Gasteiger partial charge >= 0.3 is 0 Å². The van der Waals surface area contributed by atoms with Gasteiger partial charge in [-0.15, -0.1) is 10.2 Å². The molecule has 1 aromatic carbocycles. The highest BCUT2D eigenvalue weighted by Crippen LogP contribution is 2.39. The molecule has 1 aliphatic carbocycles. The normalized spacial score (nSPS) is 15.2. The van der Waals surface area contributed by atoms with E-state index in [2.05, 4.69) is 10.2 Å². The van der Waals surface area contributed by atoms with Gasteiger partial charge in [0.25, 0.3) is 0 Å². The van der Waals surface area contributed by atoms with Crippen LogP contribution in [-0.2, 0) is 6.42 Å². The molecule has 1 fully saturated rings. The predicted octanol–water partition coefficient (Wildman–Crippen LogP) is 2.12. The fourth-order valence-electron chi connectivity index (χ4n) is 1.71. The Bertz CT molecular complexity index is 502. The van der Waals surface area contributed by atoms with Gasteiger partial charge in [-0.3, -0.25) is 0 Å². The van der Waals surface area contributed by atoms with Gasteiger partial charge in [0.2, 0.25) is 11.8 Å². The summed E-state index contributed by atoms with van der Waals surface area (Å²) >= 11 is 0. The van der Waals surface area contributed by atoms with Gasteiger partial charge in [0.05, 0.1) is 6.42 Å². The Kier molecular flexibility index (Phi) is 2.13. The zero-order chi connectivity index (χ0) is 11.0. The second-order valence-corrected chi connectivity index (χ2v) is 4.23. The molecule has 0 unspecified atom stereocenters. The van der Waals surface area contributed by atoms with Crippen molar-refractivity contribution in [3.05, 3.63) is 41.6 Å². The Morgan fingerprint density at radius 2 is 2.19 bits per heavy atom. The van der Waals surface area contributed by atoms with Gasteiger partial charge in [-0.2, -0.15) is 0 Å². The van der Waals surface area contributed by atoms with E-state index in [9.17, 15) is 0 Å². The number of rotatable bonds is 3. The summed E-state index contributed by atoms with van der Waals surface area (Å²) in [6.45, 7) is 0. The lowest BCUT2D eigenvalue weighted by Crippen LogP contribution is -1.91. The van der Waals surface area contributed by atoms with Crippen molar-refractivity contribution in [1.82, 2.24) is 10.2 Å². The van der Waals surface area contributed by atoms with Crippen LogP contribution < -0.4 is 5.73 Å². The van der Waals surface area contributed by atoms with E-state index < -0.39 is 0 Å². The van der Waals surface area contributed by atoms with Crippen LogP contribution in [-0.4, -0.2) is 10.2 Å². The first-order chi connectivity index (χ1) is 7.81. The van der Waals surface area contributed by atoms with E-state index in [0.29, 0.717) is 18.2 Å². The van der Waals surface area contributed by atoms with Crippen LogP contribution in [0.15, 0.2) is 28.7 Å². The fourth-order valence-corrected chi connectivity index (χ4v) is 1.71. The molecule has 1 aromatic heterocycles. The third-order valence-electron chi connectivity index (χ3n) is 2.72. The molecule has 1 heterocycles. The molecule has 82 valence electrons. The van der Waals surface area contributed by atoms with Crippen molar-refractivity contribution in [2.24, 2.45) is 0 Å². The molecule has 4 heteroatoms. The van der Waals surface area contributed by atoms with Gasteiger partial charge in [0, 0.05) is 11.6 Å². The molecule has 1 aliphatic rings. The molecule has 4 nitrogen and oxygen atoms in total. The van der Waals surface area contributed by atoms with Crippen LogP contribution in [0.1, 0.15) is 36.1 Å². The average molecular weight is 215 g/mol. The Morgan fingerprint density at radius 1 is 1.31 bits per heavy atom. The highest BCUT2D eigenvalue weighted by molar-refractivity contribution is 5.41. The van der Waals surface area contributed by atoms with E-state index in [1.54, 1.807) is 0 Å². The number of hydrogen-bond acceptors (Lipinski definition) is 4. The first-order valence-corrected chi connectivity index (χ1v) is 5.48. The Hall–Kier alpha value is -1.84. The zero-order valence-corrected chi connectivity index (χ0v) is 8.89. The molecule has 0 saturated heterocycles. The molecular formula is C12H13N3O. The van der Waals surface area contributed by atoms with Gasteiger partial charge in [0.15, 0.2) is 0 Å². The minimum atomic E-state index is 0.516. The first-order valence-electron chi connectivity index (χ1n) is 5.48. The Balaban J connectivity index is 1.77. The summed E-state index contributed by atoms with van der Waals surface area (Å²) in [7, 11) is 0. The maximum Gasteiger partial charge on any atom is 0.220 e. The van der Waals surface area contributed by atoms with Gasteiger partial charge in [0.1, 0.15) is 0 Å². The Labute approximate surface area is 93.5 Å². The van der Waals surface area contributed by atoms with Crippen LogP contribution in [0.4, 0.5) is 5.69 Å². The molecule has 1 saturated carbocycles. The van der Waals surface area contributed by atoms with Crippen molar-refractivity contribution in [3.8, 4) is 0 Å². The zero-order valence-electron chi connectivity index (χ0n) is 8.89. The molecule has 0 radical (unpaired) electrons. The number of hydrogen-bond donors (Lipinski definition) is 1. The molecule has 2 N–H and O–H groups in total. The predicted molar refractivity (Wildman–Crippen MR) is 59.9 cm³/mol. The van der Waals surface area contributed by atoms with Crippen molar-refractivity contribution < 1.29 is 4.42 Å². The third kappa shape index (κ3) is 1.91. The molecule has 0 atom stereocenters. The van der Waals surface area contributed by atoms with E-state index in [4.69, 9.17) is 10.2 Å². The van der Waals surface area contributed by atoms with Crippen molar-refractivity contribution in [1.29, 1.82) is 0 Å². The van der Waals surface area contributed by atoms with Crippen LogP contribution in [0.3, 0.4) is 0 Å². The van der Waals surface area contributed by atoms with Crippen LogP contribution in [0.2, 0.25) is 0 Å². The summed E-state index contributed by atoms with van der Waals surface area (Å²) in [5.74, 6) is 1.98. The van der Waals surface area contributed by atoms with Gasteiger partial charge in [-0.1, -0.05) is 12.1 Å². The van der Waals surface area contributed by atoms with Crippen molar-refractivity contribution in [2.45, 2.75) is 25.2 Å². The second kappa shape index (κ2) is 3.63. The van der Waals surface area contributed by atoms with Crippen LogP contribution in [0.25, 0.3) is 0 Å². The summed E-state index contributed by atoms with van der Waals surface area (Å²) < 4.78 is 5.59. The summed E-state index contributed by atoms with van der Waals surface area (Å²) in [6.07, 6.45) is 3.02. The molecular weight excluding hydrogens is 202 g/mol. The fraction of sp³-hybridized carbons (Fsp3) is 0.333. The Morgan fingerprint density at radius 3 is 2.94 bits per heavy atom. The number of benzene rings is 1. The van der Waals surface area contributed by atoms with Gasteiger partial charge in [-0.05, 0) is 30.5 Å². The maximum absolute atomic E-state index is 5.71. The largest absolute Gasteiger partial charge is 0.425 e. The molecule has 0 bridgehead atoms. The average Bonchev–Trinajstić information content (AvgIpc) is 3.01. The lowest BCUT2D eigenvalue weighted by molar-refractivity contribution is 0.459. The van der Waals surface area contributed by atoms with Crippen LogP contribution in [0.5, 0.6) is 0 Å². The van der Waals surface area contributed by atoms with Crippen molar-refractivity contribution in [2.75, 3.05) is 5.73 Å². The highest BCUT2D eigenvalue weighted by Gasteiger charge is 2.29. The SMILES string of the molecule is Nc1cccc(Cc2nnc(C3CC3)o2)c1. The lowest BCUT2D eigenvalue weighted by Gasteiger charge is -1.98. The molecule has 2 aromatic rings. The molecule has 3 rings (SSSR count). The molecule has 16 heavy (non-hydrogen) atoms. The smallest absolute Gasteiger partial charge is 0.220 e. The topological polar surface area (TPSA) is 64.9 Å². The van der Waals surface area contributed by atoms with Crippen molar-refractivity contribution >= 4 is 5.69 Å². The minimum absolute atomic E-state index is 0.516. The monoisotopic (exact) mass is 215 g/mol. The third-order valence-corrected chi connectivity index (χ3v) is 2.72. The molecule has 0 aliphatic heterocycles. The van der Waals surface area contributed by atoms with E-state index in [1.807, 2.05) is 24.3 Å². The van der Waals surface area contributed by atoms with Gasteiger partial charge in [-0.25, -0.2) is 0 Å². The van der Waals surface area contributed by atoms with Crippen LogP contribution in [0, 0.1) is 0 Å². The number of nitrogen functional groups attached to an aromatic ring is 1. The minimum Gasteiger partial charge on any atom is -0.425 e. The number of anilines is 1. The molecule has 0 amide bonds. The van der Waals surface area contributed by atoms with E-state index in [-0.39, 0.29) is 0 Å². The summed E-state index contributed by atoms with van der Waals surface area (Å²) in [5.41, 5.74) is 7.58. The first kappa shape index (κ1) is 9.39. The maximum atomic E-state index is 5.71. The number of aromatic nitrogens is 2. The summed E-state index contributed by atoms with van der Waals surface area (Å²) in [6, 6.07) is 7.74. The van der Waals surface area contributed by atoms with E-state index in [1.165, 1.54) is 12.8 Å². The van der Waals surface area contributed by atoms with Crippen LogP contribution >= 0.6 is 0 Å². The van der Waals surface area contributed by atoms with E-state index in [0.717, 1.165) is 17.1 Å². The quantitative estimate of drug-likeness (QED) is 0.796. The number of nitrogens with zero attached hydrogens (tertiary/aromatic N) is 2. The standard InChI is InChI=1S/C12H13N3O/c13-10-3-1-2-8(6-10)7-11-14-15-12(16-11)9-4-5-9/h1-3,6,9H,4-5,7,13H2. The second-order valence-electron chi connectivity index (χ2n) is 4.23. The van der Waals surface area contributed by atoms with Gasteiger partial charge < -0.3 is 10.2 Å².